The standard InChI is InChI=1S/C9H12BrNO/c1-4-7-6(3)11-9(12)8(7)5(2)10/h4,6-7H,1H2,2-3H3,(H,11,12)/b8-5-/t6-,7+/m1/s1. The molecule has 12 heavy (non-hydrogen) atoms. The number of nitrogens with one attached hydrogen (secondary N) is 1. The number of carbonyl (C=O) groups excluding carboxylic acids is 1. The largest absolute Gasteiger partial charge is 0.349 e. The molecule has 2 nitrogen and oxygen atoms in total. The second-order valence-electron chi connectivity index (χ2n) is 2.97. The van der Waals surface area contributed by atoms with Gasteiger partial charge in [-0.05, 0) is 13.8 Å². The minimum absolute atomic E-state index is 0.0155. The first kappa shape index (κ1) is 9.52. The first-order valence-electron chi connectivity index (χ1n) is 3.87. The number of hydrogen-bond donors (Lipinski definition) is 1. The van der Waals surface area contributed by atoms with Gasteiger partial charge in [0.25, 0.3) is 0 Å². The van der Waals surface area contributed by atoms with Crippen LogP contribution in [-0.4, -0.2) is 11.9 Å². The van der Waals surface area contributed by atoms with Gasteiger partial charge in [-0.1, -0.05) is 22.0 Å². The quantitative estimate of drug-likeness (QED) is 0.541. The van der Waals surface area contributed by atoms with Gasteiger partial charge in [0.15, 0.2) is 0 Å². The molecule has 1 aliphatic heterocycles. The number of allylic oxidation sites excluding steroid dienone is 1. The summed E-state index contributed by atoms with van der Waals surface area (Å²) in [5, 5.41) is 2.85. The lowest BCUT2D eigenvalue weighted by Gasteiger charge is -2.09. The number of rotatable bonds is 1. The Morgan fingerprint density at radius 3 is 2.67 bits per heavy atom. The number of hydrogen-bond acceptors (Lipinski definition) is 1. The van der Waals surface area contributed by atoms with Crippen LogP contribution in [0.5, 0.6) is 0 Å². The van der Waals surface area contributed by atoms with Gasteiger partial charge < -0.3 is 5.32 Å². The van der Waals surface area contributed by atoms with Crippen molar-refractivity contribution in [2.24, 2.45) is 5.92 Å². The lowest BCUT2D eigenvalue weighted by molar-refractivity contribution is -0.116. The van der Waals surface area contributed by atoms with E-state index in [1.165, 1.54) is 0 Å². The van der Waals surface area contributed by atoms with Crippen molar-refractivity contribution in [3.05, 3.63) is 22.7 Å². The predicted molar refractivity (Wildman–Crippen MR) is 52.9 cm³/mol. The lowest BCUT2D eigenvalue weighted by Crippen LogP contribution is -2.24. The summed E-state index contributed by atoms with van der Waals surface area (Å²) in [5.74, 6) is 0.152. The first-order chi connectivity index (χ1) is 5.57. The van der Waals surface area contributed by atoms with E-state index in [-0.39, 0.29) is 17.9 Å². The summed E-state index contributed by atoms with van der Waals surface area (Å²) in [6.07, 6.45) is 1.81. The second kappa shape index (κ2) is 3.44. The van der Waals surface area contributed by atoms with Crippen LogP contribution in [0.4, 0.5) is 0 Å². The maximum atomic E-state index is 11.3. The van der Waals surface area contributed by atoms with Crippen molar-refractivity contribution in [2.75, 3.05) is 0 Å². The third-order valence-electron chi connectivity index (χ3n) is 2.10. The Bertz CT molecular complexity index is 253. The molecule has 0 unspecified atom stereocenters. The molecule has 1 saturated heterocycles. The van der Waals surface area contributed by atoms with E-state index >= 15 is 0 Å². The normalized spacial score (nSPS) is 33.1. The van der Waals surface area contributed by atoms with E-state index < -0.39 is 0 Å². The molecule has 1 aliphatic rings. The molecular formula is C9H12BrNO. The smallest absolute Gasteiger partial charge is 0.248 e. The van der Waals surface area contributed by atoms with Crippen LogP contribution in [0.1, 0.15) is 13.8 Å². The van der Waals surface area contributed by atoms with E-state index in [9.17, 15) is 4.79 Å². The van der Waals surface area contributed by atoms with Crippen LogP contribution in [0.2, 0.25) is 0 Å². The Balaban J connectivity index is 3.06. The molecule has 0 aromatic rings. The Kier molecular flexibility index (Phi) is 2.73. The fourth-order valence-corrected chi connectivity index (χ4v) is 1.93. The van der Waals surface area contributed by atoms with Gasteiger partial charge in [0.1, 0.15) is 0 Å². The highest BCUT2D eigenvalue weighted by Gasteiger charge is 2.33. The first-order valence-corrected chi connectivity index (χ1v) is 4.67. The summed E-state index contributed by atoms with van der Waals surface area (Å²) in [6, 6.07) is 0.164. The lowest BCUT2D eigenvalue weighted by atomic mass is 9.97. The van der Waals surface area contributed by atoms with Gasteiger partial charge in [-0.15, -0.1) is 6.58 Å². The van der Waals surface area contributed by atoms with Gasteiger partial charge in [-0.2, -0.15) is 0 Å². The van der Waals surface area contributed by atoms with Crippen molar-refractivity contribution < 1.29 is 4.79 Å². The van der Waals surface area contributed by atoms with Crippen molar-refractivity contribution in [2.45, 2.75) is 19.9 Å². The highest BCUT2D eigenvalue weighted by molar-refractivity contribution is 9.11. The highest BCUT2D eigenvalue weighted by Crippen LogP contribution is 2.28. The second-order valence-corrected chi connectivity index (χ2v) is 4.16. The van der Waals surface area contributed by atoms with Crippen molar-refractivity contribution in [1.82, 2.24) is 5.32 Å². The summed E-state index contributed by atoms with van der Waals surface area (Å²) in [4.78, 5) is 11.3. The Morgan fingerprint density at radius 1 is 1.75 bits per heavy atom. The molecule has 0 spiro atoms. The van der Waals surface area contributed by atoms with Gasteiger partial charge >= 0.3 is 0 Å². The maximum absolute atomic E-state index is 11.3. The molecule has 1 N–H and O–H groups in total. The molecule has 1 fully saturated rings. The average Bonchev–Trinajstić information content (AvgIpc) is 2.24. The molecule has 66 valence electrons. The van der Waals surface area contributed by atoms with Crippen LogP contribution in [0.3, 0.4) is 0 Å². The molecule has 0 aromatic carbocycles. The Hall–Kier alpha value is -0.570. The predicted octanol–water partition coefficient (Wildman–Crippen LogP) is 1.98. The third kappa shape index (κ3) is 1.46. The van der Waals surface area contributed by atoms with E-state index in [0.29, 0.717) is 0 Å². The summed E-state index contributed by atoms with van der Waals surface area (Å²) in [5.41, 5.74) is 0.803. The molecule has 3 heteroatoms. The molecular weight excluding hydrogens is 218 g/mol. The van der Waals surface area contributed by atoms with Crippen LogP contribution in [0.25, 0.3) is 0 Å². The fraction of sp³-hybridized carbons (Fsp3) is 0.444. The monoisotopic (exact) mass is 229 g/mol. The molecule has 0 aromatic heterocycles. The summed E-state index contributed by atoms with van der Waals surface area (Å²) >= 11 is 3.32. The van der Waals surface area contributed by atoms with E-state index in [4.69, 9.17) is 0 Å². The van der Waals surface area contributed by atoms with Gasteiger partial charge in [0.05, 0.1) is 0 Å². The number of halogens is 1. The van der Waals surface area contributed by atoms with E-state index in [0.717, 1.165) is 10.1 Å². The summed E-state index contributed by atoms with van der Waals surface area (Å²) < 4.78 is 0.897. The molecule has 0 bridgehead atoms. The van der Waals surface area contributed by atoms with Crippen LogP contribution in [-0.2, 0) is 4.79 Å². The van der Waals surface area contributed by atoms with Crippen molar-refractivity contribution in [1.29, 1.82) is 0 Å². The summed E-state index contributed by atoms with van der Waals surface area (Å²) in [6.45, 7) is 7.57. The molecule has 0 aliphatic carbocycles. The van der Waals surface area contributed by atoms with E-state index in [2.05, 4.69) is 27.8 Å². The van der Waals surface area contributed by atoms with Gasteiger partial charge in [-0.25, -0.2) is 0 Å². The third-order valence-corrected chi connectivity index (χ3v) is 2.53. The maximum Gasteiger partial charge on any atom is 0.248 e. The van der Waals surface area contributed by atoms with E-state index in [1.54, 1.807) is 0 Å². The van der Waals surface area contributed by atoms with Crippen LogP contribution < -0.4 is 5.32 Å². The Labute approximate surface area is 80.9 Å². The SMILES string of the molecule is C=C[C@@H]1/C(=C(\C)Br)C(=O)N[C@@H]1C. The minimum Gasteiger partial charge on any atom is -0.349 e. The number of carbonyl (C=O) groups is 1. The molecule has 0 radical (unpaired) electrons. The molecule has 1 heterocycles. The number of amides is 1. The average molecular weight is 230 g/mol. The van der Waals surface area contributed by atoms with Crippen LogP contribution in [0, 0.1) is 5.92 Å². The van der Waals surface area contributed by atoms with Gasteiger partial charge in [-0.3, -0.25) is 4.79 Å². The minimum atomic E-state index is 0.0155. The van der Waals surface area contributed by atoms with Gasteiger partial charge in [0, 0.05) is 22.0 Å². The molecule has 1 amide bonds. The van der Waals surface area contributed by atoms with Crippen LogP contribution >= 0.6 is 15.9 Å². The van der Waals surface area contributed by atoms with Crippen molar-refractivity contribution in [3.8, 4) is 0 Å². The highest BCUT2D eigenvalue weighted by atomic mass is 79.9. The van der Waals surface area contributed by atoms with E-state index in [1.807, 2.05) is 19.9 Å². The molecule has 1 rings (SSSR count). The molecule has 2 atom stereocenters. The fourth-order valence-electron chi connectivity index (χ4n) is 1.48. The van der Waals surface area contributed by atoms with Crippen LogP contribution in [0.15, 0.2) is 22.7 Å². The Morgan fingerprint density at radius 2 is 2.33 bits per heavy atom. The van der Waals surface area contributed by atoms with Crippen molar-refractivity contribution in [3.63, 3.8) is 0 Å². The zero-order valence-electron chi connectivity index (χ0n) is 7.23. The van der Waals surface area contributed by atoms with Gasteiger partial charge in [0.2, 0.25) is 5.91 Å². The molecule has 0 saturated carbocycles. The zero-order chi connectivity index (χ0) is 9.30. The summed E-state index contributed by atoms with van der Waals surface area (Å²) in [7, 11) is 0. The topological polar surface area (TPSA) is 29.1 Å². The van der Waals surface area contributed by atoms with Crippen molar-refractivity contribution >= 4 is 21.8 Å². The zero-order valence-corrected chi connectivity index (χ0v) is 8.81.